The van der Waals surface area contributed by atoms with Gasteiger partial charge in [-0.1, -0.05) is 42.5 Å². The predicted octanol–water partition coefficient (Wildman–Crippen LogP) is 4.41. The second kappa shape index (κ2) is 6.81. The lowest BCUT2D eigenvalue weighted by Gasteiger charge is -2.19. The summed E-state index contributed by atoms with van der Waals surface area (Å²) < 4.78 is 30.6. The summed E-state index contributed by atoms with van der Waals surface area (Å²) in [6, 6.07) is 14.5. The average molecular weight is 306 g/mol. The molecule has 0 saturated heterocycles. The van der Waals surface area contributed by atoms with E-state index in [9.17, 15) is 14.1 Å². The second-order valence-electron chi connectivity index (χ2n) is 4.48. The number of aliphatic hydroxyl groups excluding tert-OH is 1. The summed E-state index contributed by atoms with van der Waals surface area (Å²) in [7, 11) is -2.16. The number of halogens is 1. The Bertz CT molecular complexity index is 653. The van der Waals surface area contributed by atoms with Gasteiger partial charge in [0.25, 0.3) is 7.37 Å². The van der Waals surface area contributed by atoms with Crippen LogP contribution >= 0.6 is 7.37 Å². The van der Waals surface area contributed by atoms with Gasteiger partial charge in [-0.3, -0.25) is 4.57 Å². The van der Waals surface area contributed by atoms with Crippen molar-refractivity contribution in [3.8, 4) is 0 Å². The van der Waals surface area contributed by atoms with Crippen LogP contribution in [0.3, 0.4) is 0 Å². The van der Waals surface area contributed by atoms with Crippen LogP contribution in [0.15, 0.2) is 60.4 Å². The standard InChI is InChI=1S/C16H16FO3P/c1-20-21(19,12-11-13-5-3-2-4-6-13)16(18)14-7-9-15(17)10-8-14/h2-12,16,18H,1H3/b12-11+/t16-,21-/m0/s1. The Morgan fingerprint density at radius 2 is 1.76 bits per heavy atom. The van der Waals surface area contributed by atoms with Crippen molar-refractivity contribution in [2.45, 2.75) is 5.85 Å². The van der Waals surface area contributed by atoms with Crippen LogP contribution in [-0.2, 0) is 9.09 Å². The quantitative estimate of drug-likeness (QED) is 0.832. The van der Waals surface area contributed by atoms with Gasteiger partial charge in [0.15, 0.2) is 5.85 Å². The van der Waals surface area contributed by atoms with Crippen molar-refractivity contribution < 1.29 is 18.6 Å². The Morgan fingerprint density at radius 3 is 2.33 bits per heavy atom. The van der Waals surface area contributed by atoms with Crippen molar-refractivity contribution in [2.75, 3.05) is 7.11 Å². The van der Waals surface area contributed by atoms with Crippen LogP contribution in [0.2, 0.25) is 0 Å². The van der Waals surface area contributed by atoms with E-state index in [0.29, 0.717) is 5.56 Å². The molecule has 3 nitrogen and oxygen atoms in total. The highest BCUT2D eigenvalue weighted by molar-refractivity contribution is 7.62. The molecule has 2 rings (SSSR count). The fourth-order valence-electron chi connectivity index (χ4n) is 1.84. The van der Waals surface area contributed by atoms with Gasteiger partial charge in [-0.05, 0) is 29.3 Å². The van der Waals surface area contributed by atoms with Crippen LogP contribution in [-0.4, -0.2) is 12.2 Å². The molecule has 0 heterocycles. The van der Waals surface area contributed by atoms with Crippen molar-refractivity contribution in [3.05, 3.63) is 77.4 Å². The highest BCUT2D eigenvalue weighted by Gasteiger charge is 2.30. The molecule has 0 unspecified atom stereocenters. The molecule has 0 bridgehead atoms. The van der Waals surface area contributed by atoms with Gasteiger partial charge < -0.3 is 9.63 Å². The Balaban J connectivity index is 2.26. The molecular weight excluding hydrogens is 290 g/mol. The Labute approximate surface area is 123 Å². The van der Waals surface area contributed by atoms with Gasteiger partial charge in [-0.2, -0.15) is 0 Å². The number of hydrogen-bond donors (Lipinski definition) is 1. The maximum Gasteiger partial charge on any atom is 0.256 e. The number of rotatable bonds is 5. The van der Waals surface area contributed by atoms with Crippen LogP contribution in [0.25, 0.3) is 6.08 Å². The molecule has 0 saturated carbocycles. The number of hydrogen-bond acceptors (Lipinski definition) is 3. The summed E-state index contributed by atoms with van der Waals surface area (Å²) >= 11 is 0. The van der Waals surface area contributed by atoms with Crippen LogP contribution in [0.1, 0.15) is 17.0 Å². The molecular formula is C16H16FO3P. The summed E-state index contributed by atoms with van der Waals surface area (Å²) in [6.45, 7) is 0. The van der Waals surface area contributed by atoms with Crippen molar-refractivity contribution in [1.82, 2.24) is 0 Å². The molecule has 2 atom stereocenters. The largest absolute Gasteiger partial charge is 0.378 e. The highest BCUT2D eigenvalue weighted by atomic mass is 31.2. The SMILES string of the molecule is CO[P@@](=O)(/C=C/c1ccccc1)[C@H](O)c1ccc(F)cc1. The topological polar surface area (TPSA) is 46.5 Å². The molecule has 0 aliphatic carbocycles. The molecule has 2 aromatic carbocycles. The summed E-state index contributed by atoms with van der Waals surface area (Å²) in [5.74, 6) is -0.378. The molecule has 0 aliphatic heterocycles. The Morgan fingerprint density at radius 1 is 1.14 bits per heavy atom. The van der Waals surface area contributed by atoms with Gasteiger partial charge in [-0.15, -0.1) is 0 Å². The molecule has 2 aromatic rings. The normalized spacial score (nSPS) is 15.8. The third kappa shape index (κ3) is 3.88. The molecule has 0 amide bonds. The maximum atomic E-state index is 12.9. The minimum atomic E-state index is -3.44. The van der Waals surface area contributed by atoms with Gasteiger partial charge in [-0.25, -0.2) is 4.39 Å². The van der Waals surface area contributed by atoms with Gasteiger partial charge in [0, 0.05) is 12.9 Å². The van der Waals surface area contributed by atoms with E-state index >= 15 is 0 Å². The molecule has 21 heavy (non-hydrogen) atoms. The van der Waals surface area contributed by atoms with Crippen molar-refractivity contribution >= 4 is 13.4 Å². The minimum Gasteiger partial charge on any atom is -0.378 e. The van der Waals surface area contributed by atoms with Gasteiger partial charge in [0.2, 0.25) is 0 Å². The Hall–Kier alpha value is -1.74. The smallest absolute Gasteiger partial charge is 0.256 e. The van der Waals surface area contributed by atoms with E-state index in [1.165, 1.54) is 37.2 Å². The molecule has 1 N–H and O–H groups in total. The summed E-state index contributed by atoms with van der Waals surface area (Å²) in [5.41, 5.74) is 1.19. The van der Waals surface area contributed by atoms with E-state index in [4.69, 9.17) is 4.52 Å². The lowest BCUT2D eigenvalue weighted by molar-refractivity contribution is 0.228. The monoisotopic (exact) mass is 306 g/mol. The van der Waals surface area contributed by atoms with Crippen LogP contribution < -0.4 is 0 Å². The first-order chi connectivity index (χ1) is 10.0. The van der Waals surface area contributed by atoms with E-state index in [0.717, 1.165) is 5.56 Å². The number of aliphatic hydroxyl groups is 1. The van der Waals surface area contributed by atoms with Crippen LogP contribution in [0.4, 0.5) is 4.39 Å². The van der Waals surface area contributed by atoms with E-state index in [-0.39, 0.29) is 0 Å². The zero-order valence-corrected chi connectivity index (χ0v) is 12.4. The van der Waals surface area contributed by atoms with Crippen molar-refractivity contribution in [2.24, 2.45) is 0 Å². The zero-order chi connectivity index (χ0) is 15.3. The predicted molar refractivity (Wildman–Crippen MR) is 81.5 cm³/mol. The highest BCUT2D eigenvalue weighted by Crippen LogP contribution is 2.59. The summed E-state index contributed by atoms with van der Waals surface area (Å²) in [6.07, 6.45) is 1.64. The molecule has 110 valence electrons. The average Bonchev–Trinajstić information content (AvgIpc) is 2.53. The van der Waals surface area contributed by atoms with Gasteiger partial charge in [0.05, 0.1) is 0 Å². The van der Waals surface area contributed by atoms with E-state index in [2.05, 4.69) is 0 Å². The van der Waals surface area contributed by atoms with Crippen molar-refractivity contribution in [3.63, 3.8) is 0 Å². The molecule has 5 heteroatoms. The molecule has 0 aliphatic rings. The fraction of sp³-hybridized carbons (Fsp3) is 0.125. The molecule has 0 spiro atoms. The fourth-order valence-corrected chi connectivity index (χ4v) is 3.29. The van der Waals surface area contributed by atoms with Crippen LogP contribution in [0.5, 0.6) is 0 Å². The summed E-state index contributed by atoms with van der Waals surface area (Å²) in [5, 5.41) is 10.2. The lowest BCUT2D eigenvalue weighted by Crippen LogP contribution is -1.99. The maximum absolute atomic E-state index is 12.9. The molecule has 0 fully saturated rings. The van der Waals surface area contributed by atoms with E-state index in [1.54, 1.807) is 6.08 Å². The molecule has 0 radical (unpaired) electrons. The van der Waals surface area contributed by atoms with Crippen LogP contribution in [0, 0.1) is 5.82 Å². The van der Waals surface area contributed by atoms with E-state index in [1.807, 2.05) is 30.3 Å². The first-order valence-electron chi connectivity index (χ1n) is 6.38. The molecule has 0 aromatic heterocycles. The Kier molecular flexibility index (Phi) is 5.07. The minimum absolute atomic E-state index is 0.347. The van der Waals surface area contributed by atoms with E-state index < -0.39 is 19.0 Å². The summed E-state index contributed by atoms with van der Waals surface area (Å²) in [4.78, 5) is 0. The second-order valence-corrected chi connectivity index (χ2v) is 6.92. The van der Waals surface area contributed by atoms with Crippen molar-refractivity contribution in [1.29, 1.82) is 0 Å². The lowest BCUT2D eigenvalue weighted by atomic mass is 10.2. The van der Waals surface area contributed by atoms with Gasteiger partial charge in [0.1, 0.15) is 5.82 Å². The first-order valence-corrected chi connectivity index (χ1v) is 8.14. The third-order valence-electron chi connectivity index (χ3n) is 3.07. The van der Waals surface area contributed by atoms with Gasteiger partial charge >= 0.3 is 0 Å². The first kappa shape index (κ1) is 15.6. The zero-order valence-electron chi connectivity index (χ0n) is 11.5. The number of benzene rings is 2. The third-order valence-corrected chi connectivity index (χ3v) is 5.18.